The maximum Gasteiger partial charge on any atom is 0.227 e. The van der Waals surface area contributed by atoms with Crippen LogP contribution in [0.4, 0.5) is 0 Å². The van der Waals surface area contributed by atoms with Gasteiger partial charge >= 0.3 is 0 Å². The van der Waals surface area contributed by atoms with Crippen LogP contribution in [-0.4, -0.2) is 69.2 Å². The molecule has 0 radical (unpaired) electrons. The van der Waals surface area contributed by atoms with Gasteiger partial charge < -0.3 is 14.4 Å². The quantitative estimate of drug-likeness (QED) is 0.780. The first-order valence-electron chi connectivity index (χ1n) is 7.55. The molecule has 2 aliphatic rings. The highest BCUT2D eigenvalue weighted by molar-refractivity contribution is 7.88. The SMILES string of the molecule is CS(=O)(=O)N1CCN(C(=O)Cc2ccc3c(c2)OCCO3)CC1. The number of piperazine rings is 1. The highest BCUT2D eigenvalue weighted by Crippen LogP contribution is 2.31. The van der Waals surface area contributed by atoms with Crippen molar-refractivity contribution in [2.45, 2.75) is 6.42 Å². The zero-order valence-corrected chi connectivity index (χ0v) is 13.8. The third kappa shape index (κ3) is 3.76. The van der Waals surface area contributed by atoms with Gasteiger partial charge in [0, 0.05) is 26.2 Å². The Morgan fingerprint density at radius 1 is 1.09 bits per heavy atom. The molecule has 3 rings (SSSR count). The normalized spacial score (nSPS) is 18.7. The van der Waals surface area contributed by atoms with Crippen molar-refractivity contribution < 1.29 is 22.7 Å². The molecule has 0 aromatic heterocycles. The number of fused-ring (bicyclic) bond motifs is 1. The van der Waals surface area contributed by atoms with E-state index in [0.717, 1.165) is 5.56 Å². The summed E-state index contributed by atoms with van der Waals surface area (Å²) in [6, 6.07) is 5.51. The second-order valence-corrected chi connectivity index (χ2v) is 7.68. The Morgan fingerprint density at radius 2 is 1.74 bits per heavy atom. The Kier molecular flexibility index (Phi) is 4.45. The third-order valence-corrected chi connectivity index (χ3v) is 5.33. The van der Waals surface area contributed by atoms with Crippen molar-refractivity contribution in [1.82, 2.24) is 9.21 Å². The number of carbonyl (C=O) groups excluding carboxylic acids is 1. The Hall–Kier alpha value is -1.80. The van der Waals surface area contributed by atoms with Crippen LogP contribution < -0.4 is 9.47 Å². The van der Waals surface area contributed by atoms with Crippen LogP contribution in [0.2, 0.25) is 0 Å². The molecule has 1 aromatic rings. The van der Waals surface area contributed by atoms with Gasteiger partial charge in [-0.25, -0.2) is 8.42 Å². The Balaban J connectivity index is 1.60. The molecule has 0 unspecified atom stereocenters. The van der Waals surface area contributed by atoms with Crippen molar-refractivity contribution >= 4 is 15.9 Å². The molecular weight excluding hydrogens is 320 g/mol. The summed E-state index contributed by atoms with van der Waals surface area (Å²) in [5, 5.41) is 0. The molecule has 1 saturated heterocycles. The van der Waals surface area contributed by atoms with Crippen LogP contribution in [0.5, 0.6) is 11.5 Å². The van der Waals surface area contributed by atoms with E-state index in [1.807, 2.05) is 18.2 Å². The van der Waals surface area contributed by atoms with Crippen molar-refractivity contribution in [3.05, 3.63) is 23.8 Å². The molecule has 1 fully saturated rings. The number of ether oxygens (including phenoxy) is 2. The van der Waals surface area contributed by atoms with E-state index in [4.69, 9.17) is 9.47 Å². The summed E-state index contributed by atoms with van der Waals surface area (Å²) in [5.41, 5.74) is 0.866. The minimum atomic E-state index is -3.18. The van der Waals surface area contributed by atoms with Crippen LogP contribution in [0, 0.1) is 0 Å². The first-order chi connectivity index (χ1) is 10.9. The Morgan fingerprint density at radius 3 is 2.39 bits per heavy atom. The van der Waals surface area contributed by atoms with Crippen molar-refractivity contribution in [3.63, 3.8) is 0 Å². The lowest BCUT2D eigenvalue weighted by atomic mass is 10.1. The number of nitrogens with zero attached hydrogens (tertiary/aromatic N) is 2. The molecule has 7 nitrogen and oxygen atoms in total. The van der Waals surface area contributed by atoms with Crippen molar-refractivity contribution in [2.75, 3.05) is 45.6 Å². The Bertz CT molecular complexity index is 696. The van der Waals surface area contributed by atoms with E-state index in [2.05, 4.69) is 0 Å². The average molecular weight is 340 g/mol. The van der Waals surface area contributed by atoms with Gasteiger partial charge in [0.05, 0.1) is 12.7 Å². The van der Waals surface area contributed by atoms with Gasteiger partial charge in [-0.05, 0) is 17.7 Å². The minimum Gasteiger partial charge on any atom is -0.486 e. The fourth-order valence-electron chi connectivity index (χ4n) is 2.75. The summed E-state index contributed by atoms with van der Waals surface area (Å²) in [6.45, 7) is 2.61. The summed E-state index contributed by atoms with van der Waals surface area (Å²) in [4.78, 5) is 14.1. The summed E-state index contributed by atoms with van der Waals surface area (Å²) in [5.74, 6) is 1.37. The van der Waals surface area contributed by atoms with Gasteiger partial charge in [-0.1, -0.05) is 6.07 Å². The van der Waals surface area contributed by atoms with Crippen LogP contribution >= 0.6 is 0 Å². The number of hydrogen-bond acceptors (Lipinski definition) is 5. The van der Waals surface area contributed by atoms with E-state index in [9.17, 15) is 13.2 Å². The van der Waals surface area contributed by atoms with Gasteiger partial charge in [0.25, 0.3) is 0 Å². The number of carbonyl (C=O) groups is 1. The predicted octanol–water partition coefficient (Wildman–Crippen LogP) is 0.104. The lowest BCUT2D eigenvalue weighted by molar-refractivity contribution is -0.131. The van der Waals surface area contributed by atoms with Gasteiger partial charge in [-0.2, -0.15) is 4.31 Å². The maximum atomic E-state index is 12.4. The lowest BCUT2D eigenvalue weighted by Crippen LogP contribution is -2.50. The standard InChI is InChI=1S/C15H20N2O5S/c1-23(19,20)17-6-4-16(5-7-17)15(18)11-12-2-3-13-14(10-12)22-9-8-21-13/h2-3,10H,4-9,11H2,1H3. The van der Waals surface area contributed by atoms with Gasteiger partial charge in [-0.3, -0.25) is 4.79 Å². The summed E-state index contributed by atoms with van der Waals surface area (Å²) in [7, 11) is -3.18. The van der Waals surface area contributed by atoms with Crippen molar-refractivity contribution in [1.29, 1.82) is 0 Å². The molecule has 1 aromatic carbocycles. The van der Waals surface area contributed by atoms with Crippen molar-refractivity contribution in [3.8, 4) is 11.5 Å². The largest absolute Gasteiger partial charge is 0.486 e. The lowest BCUT2D eigenvalue weighted by Gasteiger charge is -2.33. The van der Waals surface area contributed by atoms with Crippen LogP contribution in [0.15, 0.2) is 18.2 Å². The molecule has 0 spiro atoms. The van der Waals surface area contributed by atoms with Crippen LogP contribution in [-0.2, 0) is 21.2 Å². The molecular formula is C15H20N2O5S. The molecule has 0 bridgehead atoms. The van der Waals surface area contributed by atoms with E-state index in [-0.39, 0.29) is 12.3 Å². The number of amides is 1. The summed E-state index contributed by atoms with van der Waals surface area (Å²) < 4.78 is 35.4. The molecule has 126 valence electrons. The molecule has 2 heterocycles. The van der Waals surface area contributed by atoms with Crippen molar-refractivity contribution in [2.24, 2.45) is 0 Å². The molecule has 0 aliphatic carbocycles. The van der Waals surface area contributed by atoms with E-state index in [0.29, 0.717) is 50.9 Å². The first kappa shape index (κ1) is 16.1. The number of rotatable bonds is 3. The highest BCUT2D eigenvalue weighted by atomic mass is 32.2. The van der Waals surface area contributed by atoms with E-state index in [1.54, 1.807) is 4.90 Å². The van der Waals surface area contributed by atoms with Gasteiger partial charge in [-0.15, -0.1) is 0 Å². The molecule has 2 aliphatic heterocycles. The highest BCUT2D eigenvalue weighted by Gasteiger charge is 2.26. The molecule has 0 atom stereocenters. The topological polar surface area (TPSA) is 76.2 Å². The second kappa shape index (κ2) is 6.37. The monoisotopic (exact) mass is 340 g/mol. The average Bonchev–Trinajstić information content (AvgIpc) is 2.54. The van der Waals surface area contributed by atoms with Gasteiger partial charge in [0.1, 0.15) is 13.2 Å². The number of sulfonamides is 1. The van der Waals surface area contributed by atoms with Gasteiger partial charge in [0.15, 0.2) is 11.5 Å². The van der Waals surface area contributed by atoms with Crippen LogP contribution in [0.3, 0.4) is 0 Å². The summed E-state index contributed by atoms with van der Waals surface area (Å²) >= 11 is 0. The van der Waals surface area contributed by atoms with E-state index >= 15 is 0 Å². The molecule has 8 heteroatoms. The molecule has 0 saturated carbocycles. The third-order valence-electron chi connectivity index (χ3n) is 4.02. The fraction of sp³-hybridized carbons (Fsp3) is 0.533. The minimum absolute atomic E-state index is 0.00479. The summed E-state index contributed by atoms with van der Waals surface area (Å²) in [6.07, 6.45) is 1.47. The molecule has 1 amide bonds. The second-order valence-electron chi connectivity index (χ2n) is 5.70. The smallest absolute Gasteiger partial charge is 0.227 e. The predicted molar refractivity (Wildman–Crippen MR) is 84.1 cm³/mol. The first-order valence-corrected chi connectivity index (χ1v) is 9.40. The van der Waals surface area contributed by atoms with E-state index < -0.39 is 10.0 Å². The van der Waals surface area contributed by atoms with Crippen LogP contribution in [0.1, 0.15) is 5.56 Å². The molecule has 23 heavy (non-hydrogen) atoms. The molecule has 0 N–H and O–H groups in total. The fourth-order valence-corrected chi connectivity index (χ4v) is 3.58. The number of benzene rings is 1. The number of hydrogen-bond donors (Lipinski definition) is 0. The van der Waals surface area contributed by atoms with Gasteiger partial charge in [0.2, 0.25) is 15.9 Å². The Labute approximate surface area is 135 Å². The maximum absolute atomic E-state index is 12.4. The van der Waals surface area contributed by atoms with Crippen LogP contribution in [0.25, 0.3) is 0 Å². The zero-order chi connectivity index (χ0) is 16.4. The van der Waals surface area contributed by atoms with E-state index in [1.165, 1.54) is 10.6 Å². The zero-order valence-electron chi connectivity index (χ0n) is 13.0.